The summed E-state index contributed by atoms with van der Waals surface area (Å²) in [6.45, 7) is 1.52. The van der Waals surface area contributed by atoms with Gasteiger partial charge in [-0.05, 0) is 25.0 Å². The zero-order chi connectivity index (χ0) is 18.8. The molecule has 3 rings (SSSR count). The van der Waals surface area contributed by atoms with E-state index in [4.69, 9.17) is 4.65 Å². The molecular formula is C18H20BNO6. The molecule has 1 aromatic carbocycles. The molecule has 0 aliphatic carbocycles. The Hall–Kier alpha value is -2.48. The predicted molar refractivity (Wildman–Crippen MR) is 92.7 cm³/mol. The van der Waals surface area contributed by atoms with Crippen LogP contribution >= 0.6 is 0 Å². The summed E-state index contributed by atoms with van der Waals surface area (Å²) in [5.41, 5.74) is 1.20. The van der Waals surface area contributed by atoms with E-state index in [2.05, 4.69) is 0 Å². The molecule has 0 unspecified atom stereocenters. The third-order valence-electron chi connectivity index (χ3n) is 4.86. The lowest BCUT2D eigenvalue weighted by Gasteiger charge is -2.28. The second kappa shape index (κ2) is 7.41. The van der Waals surface area contributed by atoms with Crippen LogP contribution in [0.4, 0.5) is 0 Å². The van der Waals surface area contributed by atoms with E-state index in [1.807, 2.05) is 6.07 Å². The van der Waals surface area contributed by atoms with Crippen LogP contribution in [0.1, 0.15) is 48.5 Å². The lowest BCUT2D eigenvalue weighted by Crippen LogP contribution is -2.36. The molecule has 8 heteroatoms. The number of hydrogen-bond acceptors (Lipinski definition) is 6. The molecule has 2 aliphatic rings. The monoisotopic (exact) mass is 357 g/mol. The summed E-state index contributed by atoms with van der Waals surface area (Å²) in [5.74, 6) is -0.824. The van der Waals surface area contributed by atoms with Crippen LogP contribution in [0.5, 0.6) is 5.75 Å². The summed E-state index contributed by atoms with van der Waals surface area (Å²) >= 11 is 0. The molecule has 1 N–H and O–H groups in total. The number of hydrogen-bond donors (Lipinski definition) is 1. The molecule has 2 aliphatic heterocycles. The van der Waals surface area contributed by atoms with Crippen LogP contribution in [0.3, 0.4) is 0 Å². The van der Waals surface area contributed by atoms with Crippen molar-refractivity contribution >= 4 is 30.5 Å². The molecule has 0 bridgehead atoms. The van der Waals surface area contributed by atoms with E-state index in [0.29, 0.717) is 17.7 Å². The number of ketones is 2. The molecular weight excluding hydrogens is 337 g/mol. The second-order valence-corrected chi connectivity index (χ2v) is 6.75. The van der Waals surface area contributed by atoms with Gasteiger partial charge >= 0.3 is 7.12 Å². The van der Waals surface area contributed by atoms with Crippen LogP contribution in [0.15, 0.2) is 18.2 Å². The van der Waals surface area contributed by atoms with Crippen LogP contribution in [0.25, 0.3) is 0 Å². The number of fused-ring (bicyclic) bond motifs is 1. The number of carbonyl (C=O) groups is 4. The molecule has 0 spiro atoms. The van der Waals surface area contributed by atoms with E-state index in [-0.39, 0.29) is 55.6 Å². The molecule has 7 nitrogen and oxygen atoms in total. The van der Waals surface area contributed by atoms with Gasteiger partial charge in [0.2, 0.25) is 11.8 Å². The van der Waals surface area contributed by atoms with E-state index < -0.39 is 12.9 Å². The molecule has 26 heavy (non-hydrogen) atoms. The topological polar surface area (TPSA) is 101 Å². The van der Waals surface area contributed by atoms with E-state index in [1.54, 1.807) is 12.1 Å². The van der Waals surface area contributed by atoms with Crippen molar-refractivity contribution in [2.75, 3.05) is 6.54 Å². The normalized spacial score (nSPS) is 19.4. The molecule has 0 radical (unpaired) electrons. The number of rotatable bonds is 6. The first-order valence-electron chi connectivity index (χ1n) is 8.69. The Kier molecular flexibility index (Phi) is 5.22. The summed E-state index contributed by atoms with van der Waals surface area (Å²) in [4.78, 5) is 48.2. The highest BCUT2D eigenvalue weighted by Crippen LogP contribution is 2.36. The highest BCUT2D eigenvalue weighted by Gasteiger charge is 2.37. The Balaban J connectivity index is 1.61. The van der Waals surface area contributed by atoms with Gasteiger partial charge in [-0.1, -0.05) is 12.1 Å². The van der Waals surface area contributed by atoms with Gasteiger partial charge in [0.25, 0.3) is 0 Å². The van der Waals surface area contributed by atoms with E-state index >= 15 is 0 Å². The Bertz CT molecular complexity index is 761. The predicted octanol–water partition coefficient (Wildman–Crippen LogP) is 1.17. The third kappa shape index (κ3) is 3.70. The van der Waals surface area contributed by atoms with E-state index in [1.165, 1.54) is 6.92 Å². The molecule has 1 aromatic rings. The number of nitrogens with zero attached hydrogens (tertiary/aromatic N) is 1. The van der Waals surface area contributed by atoms with Gasteiger partial charge in [0.05, 0.1) is 5.56 Å². The van der Waals surface area contributed by atoms with Gasteiger partial charge in [0.1, 0.15) is 11.5 Å². The van der Waals surface area contributed by atoms with Crippen LogP contribution in [0.2, 0.25) is 5.82 Å². The van der Waals surface area contributed by atoms with Crippen molar-refractivity contribution in [3.05, 3.63) is 29.3 Å². The highest BCUT2D eigenvalue weighted by atomic mass is 16.5. The van der Waals surface area contributed by atoms with E-state index in [9.17, 15) is 24.2 Å². The fourth-order valence-corrected chi connectivity index (χ4v) is 3.44. The summed E-state index contributed by atoms with van der Waals surface area (Å²) in [7, 11) is -1.18. The quantitative estimate of drug-likeness (QED) is 0.466. The van der Waals surface area contributed by atoms with Crippen LogP contribution in [-0.4, -0.2) is 47.0 Å². The van der Waals surface area contributed by atoms with E-state index in [0.717, 1.165) is 10.5 Å². The molecule has 1 saturated heterocycles. The van der Waals surface area contributed by atoms with Gasteiger partial charge in [-0.25, -0.2) is 0 Å². The maximum absolute atomic E-state index is 12.2. The molecule has 0 saturated carbocycles. The van der Waals surface area contributed by atoms with Gasteiger partial charge in [0, 0.05) is 38.0 Å². The van der Waals surface area contributed by atoms with Crippen molar-refractivity contribution in [1.29, 1.82) is 0 Å². The SMILES string of the molecule is CC(=O)c1cccc2c1OB(O)[C@@H](CC(=O)CCN1C(=O)CCC1=O)C2. The van der Waals surface area contributed by atoms with Crippen LogP contribution in [0, 0.1) is 0 Å². The Morgan fingerprint density at radius 2 is 1.96 bits per heavy atom. The highest BCUT2D eigenvalue weighted by molar-refractivity contribution is 6.47. The second-order valence-electron chi connectivity index (χ2n) is 6.75. The minimum atomic E-state index is -1.18. The molecule has 136 valence electrons. The minimum Gasteiger partial charge on any atom is -0.535 e. The summed E-state index contributed by atoms with van der Waals surface area (Å²) < 4.78 is 5.51. The average molecular weight is 357 g/mol. The lowest BCUT2D eigenvalue weighted by molar-refractivity contribution is -0.138. The first kappa shape index (κ1) is 18.3. The number of imide groups is 1. The molecule has 1 fully saturated rings. The molecule has 2 amide bonds. The van der Waals surface area contributed by atoms with Crippen molar-refractivity contribution < 1.29 is 28.9 Å². The average Bonchev–Trinajstić information content (AvgIpc) is 2.91. The Labute approximate surface area is 151 Å². The summed E-state index contributed by atoms with van der Waals surface area (Å²) in [6, 6.07) is 5.20. The zero-order valence-corrected chi connectivity index (χ0v) is 14.6. The van der Waals surface area contributed by atoms with Gasteiger partial charge in [0.15, 0.2) is 5.78 Å². The van der Waals surface area contributed by atoms with Crippen molar-refractivity contribution in [3.63, 3.8) is 0 Å². The number of benzene rings is 1. The largest absolute Gasteiger partial charge is 0.535 e. The minimum absolute atomic E-state index is 0.0705. The van der Waals surface area contributed by atoms with Crippen molar-refractivity contribution in [1.82, 2.24) is 4.90 Å². The Morgan fingerprint density at radius 1 is 1.27 bits per heavy atom. The van der Waals surface area contributed by atoms with Crippen molar-refractivity contribution in [2.24, 2.45) is 0 Å². The number of Topliss-reactive ketones (excluding diaryl/α,β-unsaturated/α-hetero) is 2. The van der Waals surface area contributed by atoms with Crippen LogP contribution in [-0.2, 0) is 20.8 Å². The maximum atomic E-state index is 12.2. The molecule has 0 aromatic heterocycles. The summed E-state index contributed by atoms with van der Waals surface area (Å²) in [6.07, 6.45) is 0.988. The standard InChI is InChI=1S/C18H20BNO6/c1-11(21)15-4-2-3-12-9-13(19(25)26-18(12)15)10-14(22)7-8-20-16(23)5-6-17(20)24/h2-4,13,25H,5-10H2,1H3/t13-/m1/s1. The number of likely N-dealkylation sites (tertiary alicyclic amines) is 1. The first-order valence-corrected chi connectivity index (χ1v) is 8.69. The van der Waals surface area contributed by atoms with Crippen molar-refractivity contribution in [2.45, 2.75) is 44.8 Å². The summed E-state index contributed by atoms with van der Waals surface area (Å²) in [5, 5.41) is 10.2. The zero-order valence-electron chi connectivity index (χ0n) is 14.6. The maximum Gasteiger partial charge on any atom is 0.526 e. The number of carbonyl (C=O) groups excluding carboxylic acids is 4. The number of amides is 2. The third-order valence-corrected chi connectivity index (χ3v) is 4.86. The molecule has 1 atom stereocenters. The first-order chi connectivity index (χ1) is 12.4. The number of para-hydroxylation sites is 1. The fourth-order valence-electron chi connectivity index (χ4n) is 3.44. The Morgan fingerprint density at radius 3 is 2.62 bits per heavy atom. The lowest BCUT2D eigenvalue weighted by atomic mass is 9.64. The van der Waals surface area contributed by atoms with Crippen LogP contribution < -0.4 is 4.65 Å². The van der Waals surface area contributed by atoms with Gasteiger partial charge in [-0.2, -0.15) is 0 Å². The fraction of sp³-hybridized carbons (Fsp3) is 0.444. The van der Waals surface area contributed by atoms with Gasteiger partial charge in [-0.3, -0.25) is 24.1 Å². The van der Waals surface area contributed by atoms with Gasteiger partial charge in [-0.15, -0.1) is 0 Å². The van der Waals surface area contributed by atoms with Gasteiger partial charge < -0.3 is 9.68 Å². The van der Waals surface area contributed by atoms with Crippen molar-refractivity contribution in [3.8, 4) is 5.75 Å². The molecule has 2 heterocycles. The smallest absolute Gasteiger partial charge is 0.526 e.